The lowest BCUT2D eigenvalue weighted by atomic mass is 9.81. The first-order valence-electron chi connectivity index (χ1n) is 20.5. The highest BCUT2D eigenvalue weighted by molar-refractivity contribution is 6.25. The van der Waals surface area contributed by atoms with Crippen molar-refractivity contribution in [3.63, 3.8) is 0 Å². The van der Waals surface area contributed by atoms with Gasteiger partial charge in [0.2, 0.25) is 0 Å². The molecule has 1 aliphatic rings. The van der Waals surface area contributed by atoms with Gasteiger partial charge in [0.25, 0.3) is 0 Å². The fraction of sp³-hybridized carbons (Fsp3) is 0.0526. The molecule has 12 rings (SSSR count). The van der Waals surface area contributed by atoms with Crippen LogP contribution in [-0.2, 0) is 5.41 Å². The summed E-state index contributed by atoms with van der Waals surface area (Å²) in [6.07, 6.45) is 0. The molecular weight excluding hydrogens is 713 g/mol. The first kappa shape index (κ1) is 33.7. The third-order valence-corrected chi connectivity index (χ3v) is 12.8. The molecule has 0 unspecified atom stereocenters. The van der Waals surface area contributed by atoms with Crippen molar-refractivity contribution in [3.8, 4) is 56.2 Å². The predicted octanol–water partition coefficient (Wildman–Crippen LogP) is 15.2. The molecule has 11 aromatic rings. The average Bonchev–Trinajstić information content (AvgIpc) is 3.52. The lowest BCUT2D eigenvalue weighted by Gasteiger charge is -2.22. The second kappa shape index (κ2) is 12.8. The summed E-state index contributed by atoms with van der Waals surface area (Å²) in [5.41, 5.74) is 12.5. The summed E-state index contributed by atoms with van der Waals surface area (Å²) in [6, 6.07) is 70.8. The van der Waals surface area contributed by atoms with Gasteiger partial charge in [0.15, 0.2) is 5.82 Å². The number of fused-ring (bicyclic) bond motifs is 11. The second-order valence-corrected chi connectivity index (χ2v) is 16.6. The minimum atomic E-state index is -0.144. The Morgan fingerprint density at radius 3 is 1.59 bits per heavy atom. The van der Waals surface area contributed by atoms with E-state index in [0.717, 1.165) is 33.9 Å². The summed E-state index contributed by atoms with van der Waals surface area (Å²) in [4.78, 5) is 10.6. The molecular formula is C57H38N2. The zero-order valence-electron chi connectivity index (χ0n) is 32.9. The monoisotopic (exact) mass is 750 g/mol. The fourth-order valence-electron chi connectivity index (χ4n) is 9.81. The Bertz CT molecular complexity index is 3490. The molecule has 0 atom stereocenters. The van der Waals surface area contributed by atoms with Crippen molar-refractivity contribution >= 4 is 53.9 Å². The van der Waals surface area contributed by atoms with Gasteiger partial charge in [-0.05, 0) is 124 Å². The zero-order chi connectivity index (χ0) is 39.2. The van der Waals surface area contributed by atoms with E-state index in [2.05, 4.69) is 202 Å². The maximum absolute atomic E-state index is 5.31. The summed E-state index contributed by atoms with van der Waals surface area (Å²) in [6.45, 7) is 4.70. The molecule has 276 valence electrons. The van der Waals surface area contributed by atoms with Crippen molar-refractivity contribution in [1.29, 1.82) is 0 Å². The van der Waals surface area contributed by atoms with E-state index >= 15 is 0 Å². The van der Waals surface area contributed by atoms with Gasteiger partial charge in [-0.3, -0.25) is 0 Å². The van der Waals surface area contributed by atoms with Crippen LogP contribution in [-0.4, -0.2) is 9.97 Å². The van der Waals surface area contributed by atoms with E-state index in [-0.39, 0.29) is 5.41 Å². The van der Waals surface area contributed by atoms with Crippen LogP contribution in [0.15, 0.2) is 194 Å². The van der Waals surface area contributed by atoms with Gasteiger partial charge in [-0.25, -0.2) is 9.97 Å². The van der Waals surface area contributed by atoms with E-state index in [1.54, 1.807) is 0 Å². The fourth-order valence-corrected chi connectivity index (χ4v) is 9.81. The maximum Gasteiger partial charge on any atom is 0.160 e. The zero-order valence-corrected chi connectivity index (χ0v) is 32.9. The Labute approximate surface area is 343 Å². The van der Waals surface area contributed by atoms with Crippen LogP contribution in [0, 0.1) is 0 Å². The molecule has 0 radical (unpaired) electrons. The van der Waals surface area contributed by atoms with E-state index in [1.807, 2.05) is 6.07 Å². The van der Waals surface area contributed by atoms with Crippen LogP contribution < -0.4 is 0 Å². The SMILES string of the molecule is CC1(C)c2cc3ccccc3cc2-c2c(-c3cc(-c4ccc5cc(-c6ccc7c8ccccc8c8ccccc8c7c6)ccc5c4)nc(-c4ccccc4)n3)cccc21. The Morgan fingerprint density at radius 1 is 0.322 bits per heavy atom. The molecule has 2 nitrogen and oxygen atoms in total. The van der Waals surface area contributed by atoms with Gasteiger partial charge in [-0.1, -0.05) is 172 Å². The molecule has 1 aromatic heterocycles. The highest BCUT2D eigenvalue weighted by atomic mass is 14.9. The molecule has 1 aliphatic carbocycles. The number of nitrogens with zero attached hydrogens (tertiary/aromatic N) is 2. The maximum atomic E-state index is 5.31. The van der Waals surface area contributed by atoms with E-state index in [9.17, 15) is 0 Å². The normalized spacial score (nSPS) is 13.1. The number of benzene rings is 10. The molecule has 2 heteroatoms. The van der Waals surface area contributed by atoms with Crippen molar-refractivity contribution in [1.82, 2.24) is 9.97 Å². The van der Waals surface area contributed by atoms with Crippen molar-refractivity contribution in [2.75, 3.05) is 0 Å². The van der Waals surface area contributed by atoms with Crippen LogP contribution in [0.1, 0.15) is 25.0 Å². The van der Waals surface area contributed by atoms with Crippen molar-refractivity contribution in [2.24, 2.45) is 0 Å². The molecule has 0 fully saturated rings. The molecule has 0 amide bonds. The second-order valence-electron chi connectivity index (χ2n) is 16.6. The minimum Gasteiger partial charge on any atom is -0.228 e. The quantitative estimate of drug-likeness (QED) is 0.167. The third kappa shape index (κ3) is 5.26. The molecule has 0 saturated heterocycles. The Hall–Kier alpha value is -7.42. The molecule has 10 aromatic carbocycles. The number of rotatable bonds is 4. The van der Waals surface area contributed by atoms with Gasteiger partial charge in [-0.2, -0.15) is 0 Å². The van der Waals surface area contributed by atoms with Gasteiger partial charge >= 0.3 is 0 Å². The smallest absolute Gasteiger partial charge is 0.160 e. The summed E-state index contributed by atoms with van der Waals surface area (Å²) in [5.74, 6) is 0.721. The lowest BCUT2D eigenvalue weighted by Crippen LogP contribution is -2.14. The van der Waals surface area contributed by atoms with Crippen LogP contribution in [0.4, 0.5) is 0 Å². The van der Waals surface area contributed by atoms with Crippen LogP contribution in [0.5, 0.6) is 0 Å². The minimum absolute atomic E-state index is 0.144. The predicted molar refractivity (Wildman–Crippen MR) is 249 cm³/mol. The molecule has 0 aliphatic heterocycles. The van der Waals surface area contributed by atoms with Crippen LogP contribution in [0.2, 0.25) is 0 Å². The standard InChI is InChI=1S/C57H38N2/c1-57(2)51-22-12-21-48(55(51)50-32-36-15-6-7-16-37(36)33-52(50)57)54-34-53(58-56(59-54)35-13-4-3-5-14-35)42-26-25-38-29-39(23-24-40(38)30-42)41-27-28-47-45-19-9-8-17-43(45)44-18-10-11-20-46(44)49(47)31-41/h3-34H,1-2H3. The summed E-state index contributed by atoms with van der Waals surface area (Å²) >= 11 is 0. The highest BCUT2D eigenvalue weighted by Gasteiger charge is 2.37. The largest absolute Gasteiger partial charge is 0.228 e. The van der Waals surface area contributed by atoms with Gasteiger partial charge in [-0.15, -0.1) is 0 Å². The summed E-state index contributed by atoms with van der Waals surface area (Å²) in [5, 5.41) is 12.6. The molecule has 59 heavy (non-hydrogen) atoms. The van der Waals surface area contributed by atoms with E-state index in [0.29, 0.717) is 0 Å². The summed E-state index contributed by atoms with van der Waals surface area (Å²) in [7, 11) is 0. The van der Waals surface area contributed by atoms with Gasteiger partial charge < -0.3 is 0 Å². The third-order valence-electron chi connectivity index (χ3n) is 12.8. The Morgan fingerprint density at radius 2 is 0.864 bits per heavy atom. The van der Waals surface area contributed by atoms with Gasteiger partial charge in [0.1, 0.15) is 0 Å². The summed E-state index contributed by atoms with van der Waals surface area (Å²) < 4.78 is 0. The first-order valence-corrected chi connectivity index (χ1v) is 20.5. The Balaban J connectivity index is 0.986. The molecule has 0 N–H and O–H groups in total. The van der Waals surface area contributed by atoms with E-state index in [4.69, 9.17) is 9.97 Å². The topological polar surface area (TPSA) is 25.8 Å². The average molecular weight is 751 g/mol. The molecule has 0 saturated carbocycles. The van der Waals surface area contributed by atoms with Crippen LogP contribution >= 0.6 is 0 Å². The number of hydrogen-bond acceptors (Lipinski definition) is 2. The number of aromatic nitrogens is 2. The van der Waals surface area contributed by atoms with E-state index in [1.165, 1.54) is 87.2 Å². The first-order chi connectivity index (χ1) is 29.0. The van der Waals surface area contributed by atoms with E-state index < -0.39 is 0 Å². The lowest BCUT2D eigenvalue weighted by molar-refractivity contribution is 0.661. The van der Waals surface area contributed by atoms with Gasteiger partial charge in [0.05, 0.1) is 11.4 Å². The molecule has 1 heterocycles. The van der Waals surface area contributed by atoms with Gasteiger partial charge in [0, 0.05) is 22.1 Å². The van der Waals surface area contributed by atoms with Crippen molar-refractivity contribution < 1.29 is 0 Å². The molecule has 0 spiro atoms. The Kier molecular flexibility index (Phi) is 7.31. The highest BCUT2D eigenvalue weighted by Crippen LogP contribution is 2.53. The van der Waals surface area contributed by atoms with Crippen LogP contribution in [0.25, 0.3) is 110 Å². The number of hydrogen-bond donors (Lipinski definition) is 0. The van der Waals surface area contributed by atoms with Crippen LogP contribution in [0.3, 0.4) is 0 Å². The van der Waals surface area contributed by atoms with Crippen molar-refractivity contribution in [2.45, 2.75) is 19.3 Å². The van der Waals surface area contributed by atoms with Crippen molar-refractivity contribution in [3.05, 3.63) is 205 Å². The molecule has 0 bridgehead atoms.